The summed E-state index contributed by atoms with van der Waals surface area (Å²) < 4.78 is 0. The molecule has 0 spiro atoms. The van der Waals surface area contributed by atoms with Gasteiger partial charge in [-0.2, -0.15) is 5.10 Å². The number of hydrogen-bond donors (Lipinski definition) is 3. The highest BCUT2D eigenvalue weighted by molar-refractivity contribution is 6.00. The van der Waals surface area contributed by atoms with Crippen molar-refractivity contribution in [2.75, 3.05) is 11.9 Å². The van der Waals surface area contributed by atoms with Crippen molar-refractivity contribution >= 4 is 22.5 Å². The lowest BCUT2D eigenvalue weighted by atomic mass is 10.2. The number of aromatic amines is 1. The first-order valence-electron chi connectivity index (χ1n) is 6.23. The number of aromatic nitrogens is 2. The van der Waals surface area contributed by atoms with Gasteiger partial charge in [0.25, 0.3) is 0 Å². The summed E-state index contributed by atoms with van der Waals surface area (Å²) in [4.78, 5) is 11.8. The Hall–Kier alpha value is -1.88. The molecule has 0 saturated carbocycles. The molecule has 0 radical (unpaired) electrons. The summed E-state index contributed by atoms with van der Waals surface area (Å²) in [6.45, 7) is 0.690. The molecule has 5 heteroatoms. The van der Waals surface area contributed by atoms with Gasteiger partial charge in [0.2, 0.25) is 5.91 Å². The van der Waals surface area contributed by atoms with Gasteiger partial charge < -0.3 is 11.1 Å². The van der Waals surface area contributed by atoms with E-state index in [-0.39, 0.29) is 5.91 Å². The molecule has 0 unspecified atom stereocenters. The second-order valence-electron chi connectivity index (χ2n) is 4.29. The zero-order valence-corrected chi connectivity index (χ0v) is 10.3. The predicted molar refractivity (Wildman–Crippen MR) is 72.2 cm³/mol. The van der Waals surface area contributed by atoms with Crippen LogP contribution in [0.25, 0.3) is 10.9 Å². The Morgan fingerprint density at radius 2 is 2.22 bits per heavy atom. The number of nitrogens with zero attached hydrogens (tertiary/aromatic N) is 1. The van der Waals surface area contributed by atoms with Gasteiger partial charge in [-0.15, -0.1) is 0 Å². The standard InChI is InChI=1S/C13H18N4O/c14-8-3-1-2-7-12(18)16-11-6-4-5-10-9-15-17-13(10)11/h4-6,9H,1-3,7-8,14H2,(H,15,17)(H,16,18). The van der Waals surface area contributed by atoms with Crippen LogP contribution in [0.2, 0.25) is 0 Å². The molecule has 0 atom stereocenters. The molecule has 0 saturated heterocycles. The Balaban J connectivity index is 1.92. The quantitative estimate of drug-likeness (QED) is 0.682. The summed E-state index contributed by atoms with van der Waals surface area (Å²) >= 11 is 0. The number of carbonyl (C=O) groups is 1. The number of nitrogens with two attached hydrogens (primary N) is 1. The lowest BCUT2D eigenvalue weighted by Crippen LogP contribution is -2.11. The number of nitrogens with one attached hydrogen (secondary N) is 2. The van der Waals surface area contributed by atoms with Gasteiger partial charge >= 0.3 is 0 Å². The third-order valence-electron chi connectivity index (χ3n) is 2.86. The molecule has 18 heavy (non-hydrogen) atoms. The van der Waals surface area contributed by atoms with E-state index in [0.29, 0.717) is 13.0 Å². The van der Waals surface area contributed by atoms with Gasteiger partial charge in [0.1, 0.15) is 0 Å². The van der Waals surface area contributed by atoms with Crippen molar-refractivity contribution in [2.45, 2.75) is 25.7 Å². The third-order valence-corrected chi connectivity index (χ3v) is 2.86. The van der Waals surface area contributed by atoms with E-state index in [2.05, 4.69) is 15.5 Å². The van der Waals surface area contributed by atoms with E-state index in [0.717, 1.165) is 35.9 Å². The Morgan fingerprint density at radius 1 is 1.33 bits per heavy atom. The maximum atomic E-state index is 11.8. The molecule has 1 amide bonds. The largest absolute Gasteiger partial charge is 0.330 e. The average molecular weight is 246 g/mol. The first-order chi connectivity index (χ1) is 8.81. The fraction of sp³-hybridized carbons (Fsp3) is 0.385. The Labute approximate surface area is 106 Å². The van der Waals surface area contributed by atoms with E-state index in [4.69, 9.17) is 5.73 Å². The molecule has 2 rings (SSSR count). The van der Waals surface area contributed by atoms with Gasteiger partial charge in [0.15, 0.2) is 0 Å². The van der Waals surface area contributed by atoms with Gasteiger partial charge in [-0.05, 0) is 25.5 Å². The van der Waals surface area contributed by atoms with Crippen molar-refractivity contribution in [3.63, 3.8) is 0 Å². The predicted octanol–water partition coefficient (Wildman–Crippen LogP) is 2.02. The summed E-state index contributed by atoms with van der Waals surface area (Å²) in [6.07, 6.45) is 5.13. The minimum absolute atomic E-state index is 0.0362. The highest BCUT2D eigenvalue weighted by Crippen LogP contribution is 2.20. The van der Waals surface area contributed by atoms with Crippen molar-refractivity contribution in [1.29, 1.82) is 0 Å². The molecule has 0 aliphatic rings. The van der Waals surface area contributed by atoms with E-state index in [9.17, 15) is 4.79 Å². The lowest BCUT2D eigenvalue weighted by Gasteiger charge is -2.06. The van der Waals surface area contributed by atoms with E-state index >= 15 is 0 Å². The number of H-pyrrole nitrogens is 1. The maximum absolute atomic E-state index is 11.8. The van der Waals surface area contributed by atoms with Crippen LogP contribution in [0.5, 0.6) is 0 Å². The summed E-state index contributed by atoms with van der Waals surface area (Å²) in [5, 5.41) is 10.8. The summed E-state index contributed by atoms with van der Waals surface area (Å²) in [5.74, 6) is 0.0362. The fourth-order valence-corrected chi connectivity index (χ4v) is 1.89. The van der Waals surface area contributed by atoms with Crippen LogP contribution >= 0.6 is 0 Å². The van der Waals surface area contributed by atoms with Gasteiger partial charge in [-0.3, -0.25) is 9.89 Å². The Morgan fingerprint density at radius 3 is 3.06 bits per heavy atom. The van der Waals surface area contributed by atoms with E-state index in [1.807, 2.05) is 18.2 Å². The molecule has 5 nitrogen and oxygen atoms in total. The topological polar surface area (TPSA) is 83.8 Å². The molecule has 0 aliphatic heterocycles. The number of anilines is 1. The minimum atomic E-state index is 0.0362. The number of fused-ring (bicyclic) bond motifs is 1. The molecule has 96 valence electrons. The zero-order valence-electron chi connectivity index (χ0n) is 10.3. The van der Waals surface area contributed by atoms with Crippen molar-refractivity contribution in [1.82, 2.24) is 10.2 Å². The molecular weight excluding hydrogens is 228 g/mol. The monoisotopic (exact) mass is 246 g/mol. The normalized spacial score (nSPS) is 10.7. The molecule has 1 aromatic carbocycles. The van der Waals surface area contributed by atoms with Crippen molar-refractivity contribution in [3.8, 4) is 0 Å². The SMILES string of the molecule is NCCCCCC(=O)Nc1cccc2cn[nH]c12. The van der Waals surface area contributed by atoms with Crippen LogP contribution < -0.4 is 11.1 Å². The number of carbonyl (C=O) groups excluding carboxylic acids is 1. The molecule has 1 heterocycles. The van der Waals surface area contributed by atoms with Crippen molar-refractivity contribution in [2.24, 2.45) is 5.73 Å². The molecule has 0 fully saturated rings. The number of rotatable bonds is 6. The third kappa shape index (κ3) is 3.07. The summed E-state index contributed by atoms with van der Waals surface area (Å²) in [5.41, 5.74) is 7.06. The second-order valence-corrected chi connectivity index (χ2v) is 4.29. The first kappa shape index (κ1) is 12.6. The number of benzene rings is 1. The highest BCUT2D eigenvalue weighted by atomic mass is 16.1. The van der Waals surface area contributed by atoms with Crippen LogP contribution in [0, 0.1) is 0 Å². The van der Waals surface area contributed by atoms with Crippen molar-refractivity contribution in [3.05, 3.63) is 24.4 Å². The van der Waals surface area contributed by atoms with Crippen LogP contribution in [0.1, 0.15) is 25.7 Å². The van der Waals surface area contributed by atoms with E-state index in [1.54, 1.807) is 6.20 Å². The molecule has 2 aromatic rings. The van der Waals surface area contributed by atoms with Crippen LogP contribution in [0.15, 0.2) is 24.4 Å². The smallest absolute Gasteiger partial charge is 0.224 e. The van der Waals surface area contributed by atoms with Crippen LogP contribution in [-0.4, -0.2) is 22.6 Å². The van der Waals surface area contributed by atoms with Crippen LogP contribution in [-0.2, 0) is 4.79 Å². The van der Waals surface area contributed by atoms with Crippen LogP contribution in [0.4, 0.5) is 5.69 Å². The average Bonchev–Trinajstić information content (AvgIpc) is 2.84. The minimum Gasteiger partial charge on any atom is -0.330 e. The van der Waals surface area contributed by atoms with Crippen LogP contribution in [0.3, 0.4) is 0 Å². The van der Waals surface area contributed by atoms with Gasteiger partial charge in [-0.25, -0.2) is 0 Å². The number of para-hydroxylation sites is 1. The fourth-order valence-electron chi connectivity index (χ4n) is 1.89. The zero-order chi connectivity index (χ0) is 12.8. The summed E-state index contributed by atoms with van der Waals surface area (Å²) in [7, 11) is 0. The molecule has 0 aliphatic carbocycles. The number of hydrogen-bond acceptors (Lipinski definition) is 3. The van der Waals surface area contributed by atoms with Crippen molar-refractivity contribution < 1.29 is 4.79 Å². The van der Waals surface area contributed by atoms with Gasteiger partial charge in [0.05, 0.1) is 17.4 Å². The Kier molecular flexibility index (Phi) is 4.30. The molecule has 1 aromatic heterocycles. The number of unbranched alkanes of at least 4 members (excludes halogenated alkanes) is 2. The molecule has 4 N–H and O–H groups in total. The molecule has 0 bridgehead atoms. The second kappa shape index (κ2) is 6.16. The summed E-state index contributed by atoms with van der Waals surface area (Å²) in [6, 6.07) is 5.73. The molecular formula is C13H18N4O. The maximum Gasteiger partial charge on any atom is 0.224 e. The van der Waals surface area contributed by atoms with Gasteiger partial charge in [-0.1, -0.05) is 18.6 Å². The lowest BCUT2D eigenvalue weighted by molar-refractivity contribution is -0.116. The number of amides is 1. The highest BCUT2D eigenvalue weighted by Gasteiger charge is 2.06. The Bertz CT molecular complexity index is 520. The first-order valence-corrected chi connectivity index (χ1v) is 6.23. The van der Waals surface area contributed by atoms with E-state index < -0.39 is 0 Å². The van der Waals surface area contributed by atoms with E-state index in [1.165, 1.54) is 0 Å². The van der Waals surface area contributed by atoms with Gasteiger partial charge in [0, 0.05) is 11.8 Å².